The van der Waals surface area contributed by atoms with E-state index in [2.05, 4.69) is 10.1 Å². The molecule has 0 bridgehead atoms. The molecule has 1 aromatic heterocycles. The average Bonchev–Trinajstić information content (AvgIpc) is 2.99. The topological polar surface area (TPSA) is 47.8 Å². The Morgan fingerprint density at radius 2 is 2.40 bits per heavy atom. The van der Waals surface area contributed by atoms with Gasteiger partial charge < -0.3 is 0 Å². The van der Waals surface area contributed by atoms with E-state index in [1.54, 1.807) is 6.33 Å². The number of Topliss-reactive ketones (excluding diaryl/α,β-unsaturated/α-hetero) is 1. The number of rotatable bonds is 6. The summed E-state index contributed by atoms with van der Waals surface area (Å²) < 4.78 is 1.89. The molecule has 0 radical (unpaired) electrons. The summed E-state index contributed by atoms with van der Waals surface area (Å²) in [5.74, 6) is 1.84. The van der Waals surface area contributed by atoms with E-state index in [9.17, 15) is 4.79 Å². The molecule has 0 spiro atoms. The van der Waals surface area contributed by atoms with Crippen LogP contribution in [-0.2, 0) is 17.8 Å². The molecule has 0 aromatic carbocycles. The first-order valence-corrected chi connectivity index (χ1v) is 5.70. The van der Waals surface area contributed by atoms with Crippen molar-refractivity contribution in [1.82, 2.24) is 14.8 Å². The Balaban J connectivity index is 1.75. The van der Waals surface area contributed by atoms with Crippen LogP contribution in [-0.4, -0.2) is 20.5 Å². The Morgan fingerprint density at radius 1 is 1.60 bits per heavy atom. The van der Waals surface area contributed by atoms with Crippen LogP contribution in [0.15, 0.2) is 6.33 Å². The van der Waals surface area contributed by atoms with Crippen molar-refractivity contribution in [2.24, 2.45) is 5.92 Å². The minimum absolute atomic E-state index is 0.397. The van der Waals surface area contributed by atoms with Crippen LogP contribution >= 0.6 is 0 Å². The number of aromatic nitrogens is 3. The molecule has 0 saturated heterocycles. The minimum atomic E-state index is 0.397. The summed E-state index contributed by atoms with van der Waals surface area (Å²) in [6.45, 7) is 2.90. The van der Waals surface area contributed by atoms with E-state index in [4.69, 9.17) is 0 Å². The predicted octanol–water partition coefficient (Wildman–Crippen LogP) is 1.60. The van der Waals surface area contributed by atoms with Crippen LogP contribution in [0.5, 0.6) is 0 Å². The number of hydrogen-bond donors (Lipinski definition) is 0. The van der Waals surface area contributed by atoms with E-state index >= 15 is 0 Å². The SMILES string of the molecule is CCn1ncnc1CCCC(=O)C1CC1. The Morgan fingerprint density at radius 3 is 3.07 bits per heavy atom. The molecule has 0 aliphatic heterocycles. The van der Waals surface area contributed by atoms with Crippen LogP contribution in [0.2, 0.25) is 0 Å². The summed E-state index contributed by atoms with van der Waals surface area (Å²) >= 11 is 0. The lowest BCUT2D eigenvalue weighted by atomic mass is 10.1. The molecule has 4 heteroatoms. The molecule has 1 aromatic rings. The fourth-order valence-electron chi connectivity index (χ4n) is 1.78. The number of hydrogen-bond acceptors (Lipinski definition) is 3. The smallest absolute Gasteiger partial charge is 0.138 e. The summed E-state index contributed by atoms with van der Waals surface area (Å²) in [6.07, 6.45) is 6.30. The van der Waals surface area contributed by atoms with Crippen molar-refractivity contribution in [2.75, 3.05) is 0 Å². The fraction of sp³-hybridized carbons (Fsp3) is 0.727. The van der Waals surface area contributed by atoms with E-state index in [-0.39, 0.29) is 0 Å². The van der Waals surface area contributed by atoms with Crippen molar-refractivity contribution >= 4 is 5.78 Å². The lowest BCUT2D eigenvalue weighted by Crippen LogP contribution is -2.06. The molecule has 1 saturated carbocycles. The highest BCUT2D eigenvalue weighted by atomic mass is 16.1. The Labute approximate surface area is 89.7 Å². The molecule has 1 fully saturated rings. The molecule has 0 unspecified atom stereocenters. The number of carbonyl (C=O) groups is 1. The maximum absolute atomic E-state index is 11.4. The summed E-state index contributed by atoms with van der Waals surface area (Å²) in [6, 6.07) is 0. The van der Waals surface area contributed by atoms with Crippen molar-refractivity contribution in [2.45, 2.75) is 45.6 Å². The van der Waals surface area contributed by atoms with Gasteiger partial charge in [-0.3, -0.25) is 9.48 Å². The minimum Gasteiger partial charge on any atom is -0.299 e. The third-order valence-corrected chi connectivity index (χ3v) is 2.85. The van der Waals surface area contributed by atoms with Gasteiger partial charge >= 0.3 is 0 Å². The van der Waals surface area contributed by atoms with Crippen molar-refractivity contribution in [3.05, 3.63) is 12.2 Å². The third kappa shape index (κ3) is 2.64. The average molecular weight is 207 g/mol. The van der Waals surface area contributed by atoms with Gasteiger partial charge in [-0.05, 0) is 26.2 Å². The molecule has 0 amide bonds. The molecular weight excluding hydrogens is 190 g/mol. The van der Waals surface area contributed by atoms with Gasteiger partial charge in [0.25, 0.3) is 0 Å². The van der Waals surface area contributed by atoms with E-state index in [1.165, 1.54) is 0 Å². The normalized spacial score (nSPS) is 15.5. The van der Waals surface area contributed by atoms with E-state index in [1.807, 2.05) is 11.6 Å². The maximum atomic E-state index is 11.4. The summed E-state index contributed by atoms with van der Waals surface area (Å²) in [4.78, 5) is 15.6. The maximum Gasteiger partial charge on any atom is 0.138 e. The first-order valence-electron chi connectivity index (χ1n) is 5.70. The van der Waals surface area contributed by atoms with Gasteiger partial charge in [0.2, 0.25) is 0 Å². The Kier molecular flexibility index (Phi) is 3.14. The van der Waals surface area contributed by atoms with Crippen LogP contribution in [0.4, 0.5) is 0 Å². The van der Waals surface area contributed by atoms with Crippen molar-refractivity contribution < 1.29 is 4.79 Å². The lowest BCUT2D eigenvalue weighted by molar-refractivity contribution is -0.120. The third-order valence-electron chi connectivity index (χ3n) is 2.85. The van der Waals surface area contributed by atoms with Crippen LogP contribution in [0.3, 0.4) is 0 Å². The zero-order valence-corrected chi connectivity index (χ0v) is 9.15. The molecule has 2 rings (SSSR count). The van der Waals surface area contributed by atoms with Gasteiger partial charge in [-0.25, -0.2) is 4.98 Å². The zero-order valence-electron chi connectivity index (χ0n) is 9.15. The van der Waals surface area contributed by atoms with Gasteiger partial charge in [0.15, 0.2) is 0 Å². The first kappa shape index (κ1) is 10.3. The van der Waals surface area contributed by atoms with Gasteiger partial charge in [0, 0.05) is 25.3 Å². The van der Waals surface area contributed by atoms with Crippen molar-refractivity contribution in [3.63, 3.8) is 0 Å². The highest BCUT2D eigenvalue weighted by molar-refractivity contribution is 5.83. The van der Waals surface area contributed by atoms with Crippen molar-refractivity contribution in [3.8, 4) is 0 Å². The fourth-order valence-corrected chi connectivity index (χ4v) is 1.78. The quantitative estimate of drug-likeness (QED) is 0.711. The zero-order chi connectivity index (χ0) is 10.7. The predicted molar refractivity (Wildman–Crippen MR) is 56.4 cm³/mol. The molecular formula is C11H17N3O. The second-order valence-corrected chi connectivity index (χ2v) is 4.09. The molecule has 0 N–H and O–H groups in total. The summed E-state index contributed by atoms with van der Waals surface area (Å²) in [7, 11) is 0. The van der Waals surface area contributed by atoms with Gasteiger partial charge in [0.1, 0.15) is 17.9 Å². The first-order chi connectivity index (χ1) is 7.31. The number of aryl methyl sites for hydroxylation is 2. The standard InChI is InChI=1S/C11H17N3O/c1-2-14-11(12-8-13-14)5-3-4-10(15)9-6-7-9/h8-9H,2-7H2,1H3. The second-order valence-electron chi connectivity index (χ2n) is 4.09. The Hall–Kier alpha value is -1.19. The van der Waals surface area contributed by atoms with Gasteiger partial charge in [-0.2, -0.15) is 5.10 Å². The van der Waals surface area contributed by atoms with E-state index < -0.39 is 0 Å². The highest BCUT2D eigenvalue weighted by Gasteiger charge is 2.28. The Bertz CT molecular complexity index is 341. The number of carbonyl (C=O) groups excluding carboxylic acids is 1. The van der Waals surface area contributed by atoms with Crippen LogP contribution in [0.25, 0.3) is 0 Å². The van der Waals surface area contributed by atoms with Gasteiger partial charge in [-0.1, -0.05) is 0 Å². The van der Waals surface area contributed by atoms with Gasteiger partial charge in [0.05, 0.1) is 0 Å². The molecule has 1 heterocycles. The molecule has 15 heavy (non-hydrogen) atoms. The summed E-state index contributed by atoms with van der Waals surface area (Å²) in [5, 5.41) is 4.10. The monoisotopic (exact) mass is 207 g/mol. The van der Waals surface area contributed by atoms with Crippen molar-refractivity contribution in [1.29, 1.82) is 0 Å². The van der Waals surface area contributed by atoms with Crippen LogP contribution in [0.1, 0.15) is 38.4 Å². The number of ketones is 1. The molecule has 0 atom stereocenters. The molecule has 4 nitrogen and oxygen atoms in total. The van der Waals surface area contributed by atoms with E-state index in [0.717, 1.165) is 38.1 Å². The number of nitrogens with zero attached hydrogens (tertiary/aromatic N) is 3. The van der Waals surface area contributed by atoms with Gasteiger partial charge in [-0.15, -0.1) is 0 Å². The molecule has 82 valence electrons. The lowest BCUT2D eigenvalue weighted by Gasteiger charge is -2.02. The summed E-state index contributed by atoms with van der Waals surface area (Å²) in [5.41, 5.74) is 0. The molecule has 1 aliphatic rings. The highest BCUT2D eigenvalue weighted by Crippen LogP contribution is 2.31. The van der Waals surface area contributed by atoms with E-state index in [0.29, 0.717) is 18.1 Å². The van der Waals surface area contributed by atoms with Crippen LogP contribution in [0, 0.1) is 5.92 Å². The van der Waals surface area contributed by atoms with Crippen LogP contribution < -0.4 is 0 Å². The second kappa shape index (κ2) is 4.55. The molecule has 1 aliphatic carbocycles. The largest absolute Gasteiger partial charge is 0.299 e.